The first-order valence-corrected chi connectivity index (χ1v) is 16.1. The van der Waals surface area contributed by atoms with E-state index < -0.39 is 0 Å². The van der Waals surface area contributed by atoms with Gasteiger partial charge in [0.2, 0.25) is 0 Å². The number of hydrogen-bond donors (Lipinski definition) is 0. The SMILES string of the molecule is CC1(C)c2ccc(C3=CCCC(C4=CC5=C(C=CCC5)CC4)=C3)cc2-c2ccc3c4ccccc4c4ccccc4c3c21. The van der Waals surface area contributed by atoms with Gasteiger partial charge in [0, 0.05) is 5.41 Å². The zero-order valence-electron chi connectivity index (χ0n) is 25.1. The number of allylic oxidation sites excluding steroid dienone is 10. The smallest absolute Gasteiger partial charge is 0.0165 e. The molecule has 43 heavy (non-hydrogen) atoms. The van der Waals surface area contributed by atoms with E-state index in [0.717, 1.165) is 12.8 Å². The fraction of sp³-hybridized carbons (Fsp3) is 0.209. The summed E-state index contributed by atoms with van der Waals surface area (Å²) < 4.78 is 0. The summed E-state index contributed by atoms with van der Waals surface area (Å²) in [6.07, 6.45) is 19.2. The molecule has 0 fully saturated rings. The van der Waals surface area contributed by atoms with E-state index in [0.29, 0.717) is 0 Å². The maximum Gasteiger partial charge on any atom is 0.0165 e. The Morgan fingerprint density at radius 1 is 0.581 bits per heavy atom. The second-order valence-corrected chi connectivity index (χ2v) is 13.4. The van der Waals surface area contributed by atoms with Crippen LogP contribution in [-0.2, 0) is 5.41 Å². The minimum Gasteiger partial charge on any atom is -0.0839 e. The topological polar surface area (TPSA) is 0 Å². The van der Waals surface area contributed by atoms with Gasteiger partial charge in [-0.15, -0.1) is 0 Å². The van der Waals surface area contributed by atoms with Gasteiger partial charge in [-0.1, -0.05) is 117 Å². The first kappa shape index (κ1) is 25.1. The summed E-state index contributed by atoms with van der Waals surface area (Å²) in [5, 5.41) is 8.19. The van der Waals surface area contributed by atoms with Gasteiger partial charge in [-0.05, 0) is 133 Å². The highest BCUT2D eigenvalue weighted by Crippen LogP contribution is 2.54. The predicted octanol–water partition coefficient (Wildman–Crippen LogP) is 11.9. The molecular weight excluding hydrogens is 516 g/mol. The molecule has 0 nitrogen and oxygen atoms in total. The molecule has 0 aromatic heterocycles. The average Bonchev–Trinajstić information content (AvgIpc) is 3.30. The summed E-state index contributed by atoms with van der Waals surface area (Å²) in [6.45, 7) is 4.86. The predicted molar refractivity (Wildman–Crippen MR) is 185 cm³/mol. The van der Waals surface area contributed by atoms with E-state index in [4.69, 9.17) is 0 Å². The molecule has 0 saturated carbocycles. The van der Waals surface area contributed by atoms with Gasteiger partial charge >= 0.3 is 0 Å². The zero-order chi connectivity index (χ0) is 28.7. The summed E-state index contributed by atoms with van der Waals surface area (Å²) in [5.74, 6) is 0. The Labute approximate surface area is 254 Å². The van der Waals surface area contributed by atoms with E-state index in [-0.39, 0.29) is 5.41 Å². The maximum atomic E-state index is 2.53. The Bertz CT molecular complexity index is 2150. The van der Waals surface area contributed by atoms with Gasteiger partial charge in [-0.2, -0.15) is 0 Å². The van der Waals surface area contributed by atoms with Gasteiger partial charge in [0.1, 0.15) is 0 Å². The summed E-state index contributed by atoms with van der Waals surface area (Å²) in [5.41, 5.74) is 14.6. The highest BCUT2D eigenvalue weighted by Gasteiger charge is 2.38. The lowest BCUT2D eigenvalue weighted by molar-refractivity contribution is 0.666. The van der Waals surface area contributed by atoms with Crippen molar-refractivity contribution >= 4 is 37.9 Å². The molecule has 0 amide bonds. The van der Waals surface area contributed by atoms with Crippen molar-refractivity contribution in [3.05, 3.63) is 148 Å². The molecule has 4 aliphatic rings. The van der Waals surface area contributed by atoms with Crippen molar-refractivity contribution in [2.45, 2.75) is 57.8 Å². The molecule has 0 spiro atoms. The molecule has 208 valence electrons. The molecule has 0 N–H and O–H groups in total. The highest BCUT2D eigenvalue weighted by atomic mass is 14.4. The van der Waals surface area contributed by atoms with E-state index in [1.54, 1.807) is 22.3 Å². The minimum atomic E-state index is -0.0807. The van der Waals surface area contributed by atoms with Crippen LogP contribution in [0.3, 0.4) is 0 Å². The average molecular weight is 553 g/mol. The third-order valence-corrected chi connectivity index (χ3v) is 10.7. The normalized spacial score (nSPS) is 18.8. The molecule has 0 bridgehead atoms. The van der Waals surface area contributed by atoms with Gasteiger partial charge in [-0.25, -0.2) is 0 Å². The molecule has 5 aromatic rings. The van der Waals surface area contributed by atoms with Crippen LogP contribution < -0.4 is 0 Å². The van der Waals surface area contributed by atoms with Gasteiger partial charge < -0.3 is 0 Å². The Hall–Kier alpha value is -4.42. The van der Waals surface area contributed by atoms with Gasteiger partial charge in [0.05, 0.1) is 0 Å². The molecule has 0 radical (unpaired) electrons. The summed E-state index contributed by atoms with van der Waals surface area (Å²) in [6, 6.07) is 30.0. The molecule has 0 heterocycles. The van der Waals surface area contributed by atoms with E-state index in [2.05, 4.69) is 123 Å². The van der Waals surface area contributed by atoms with Crippen LogP contribution in [0.15, 0.2) is 132 Å². The summed E-state index contributed by atoms with van der Waals surface area (Å²) in [7, 11) is 0. The molecule has 0 heteroatoms. The Kier molecular flexibility index (Phi) is 5.42. The number of benzene rings is 5. The maximum absolute atomic E-state index is 2.53. The first-order valence-electron chi connectivity index (χ1n) is 16.1. The molecule has 0 saturated heterocycles. The van der Waals surface area contributed by atoms with E-state index >= 15 is 0 Å². The largest absolute Gasteiger partial charge is 0.0839 e. The van der Waals surface area contributed by atoms with Crippen molar-refractivity contribution < 1.29 is 0 Å². The molecule has 0 aliphatic heterocycles. The minimum absolute atomic E-state index is 0.0807. The molecular formula is C43H36. The van der Waals surface area contributed by atoms with Crippen LogP contribution in [0.5, 0.6) is 0 Å². The molecule has 5 aromatic carbocycles. The number of fused-ring (bicyclic) bond motifs is 10. The fourth-order valence-corrected chi connectivity index (χ4v) is 8.60. The van der Waals surface area contributed by atoms with Crippen molar-refractivity contribution in [3.8, 4) is 11.1 Å². The molecule has 4 aliphatic carbocycles. The van der Waals surface area contributed by atoms with Crippen molar-refractivity contribution in [1.82, 2.24) is 0 Å². The first-order chi connectivity index (χ1) is 21.1. The lowest BCUT2D eigenvalue weighted by Gasteiger charge is -2.25. The van der Waals surface area contributed by atoms with Crippen LogP contribution in [0.1, 0.15) is 69.1 Å². The highest BCUT2D eigenvalue weighted by molar-refractivity contribution is 6.27. The van der Waals surface area contributed by atoms with Crippen LogP contribution >= 0.6 is 0 Å². The lowest BCUT2D eigenvalue weighted by atomic mass is 9.78. The standard InChI is InChI=1S/C43H36/c1-43(2)40-23-20-32(30-13-9-12-29(25-30)31-19-18-27-10-3-4-11-28(27)24-31)26-39(40)38-22-21-37-35-16-6-5-14-33(35)34-15-7-8-17-36(34)41(37)42(38)43/h3,5-8,10,13-17,20-26H,4,9,11-12,18-19H2,1-2H3. The van der Waals surface area contributed by atoms with Crippen molar-refractivity contribution in [3.63, 3.8) is 0 Å². The van der Waals surface area contributed by atoms with Crippen molar-refractivity contribution in [2.24, 2.45) is 0 Å². The van der Waals surface area contributed by atoms with Crippen LogP contribution in [-0.4, -0.2) is 0 Å². The monoisotopic (exact) mass is 552 g/mol. The second-order valence-electron chi connectivity index (χ2n) is 13.4. The van der Waals surface area contributed by atoms with Gasteiger partial charge in [0.15, 0.2) is 0 Å². The summed E-state index contributed by atoms with van der Waals surface area (Å²) in [4.78, 5) is 0. The van der Waals surface area contributed by atoms with E-state index in [9.17, 15) is 0 Å². The summed E-state index contributed by atoms with van der Waals surface area (Å²) >= 11 is 0. The molecule has 0 atom stereocenters. The van der Waals surface area contributed by atoms with Gasteiger partial charge in [0.25, 0.3) is 0 Å². The van der Waals surface area contributed by atoms with Crippen molar-refractivity contribution in [1.29, 1.82) is 0 Å². The lowest BCUT2D eigenvalue weighted by Crippen LogP contribution is -2.15. The van der Waals surface area contributed by atoms with E-state index in [1.165, 1.54) is 91.4 Å². The van der Waals surface area contributed by atoms with Crippen LogP contribution in [0, 0.1) is 0 Å². The fourth-order valence-electron chi connectivity index (χ4n) is 8.60. The van der Waals surface area contributed by atoms with Crippen LogP contribution in [0.4, 0.5) is 0 Å². The van der Waals surface area contributed by atoms with E-state index in [1.807, 2.05) is 0 Å². The number of rotatable bonds is 2. The Morgan fingerprint density at radius 2 is 1.30 bits per heavy atom. The van der Waals surface area contributed by atoms with Gasteiger partial charge in [-0.3, -0.25) is 0 Å². The quantitative estimate of drug-likeness (QED) is 0.191. The Balaban J connectivity index is 1.20. The third kappa shape index (κ3) is 3.69. The third-order valence-electron chi connectivity index (χ3n) is 10.7. The Morgan fingerprint density at radius 3 is 2.12 bits per heavy atom. The van der Waals surface area contributed by atoms with Crippen LogP contribution in [0.2, 0.25) is 0 Å². The number of hydrogen-bond acceptors (Lipinski definition) is 0. The van der Waals surface area contributed by atoms with Crippen molar-refractivity contribution in [2.75, 3.05) is 0 Å². The molecule has 0 unspecified atom stereocenters. The van der Waals surface area contributed by atoms with Crippen LogP contribution in [0.25, 0.3) is 49.0 Å². The molecule has 9 rings (SSSR count). The zero-order valence-corrected chi connectivity index (χ0v) is 25.1. The second kappa shape index (κ2) is 9.29.